The third-order valence-electron chi connectivity index (χ3n) is 6.66. The van der Waals surface area contributed by atoms with Crippen molar-refractivity contribution in [2.24, 2.45) is 0 Å². The summed E-state index contributed by atoms with van der Waals surface area (Å²) in [5.41, 5.74) is 1.38. The molecule has 0 unspecified atom stereocenters. The Kier molecular flexibility index (Phi) is 9.28. The molecule has 1 aliphatic carbocycles. The van der Waals surface area contributed by atoms with Crippen LogP contribution < -0.4 is 4.74 Å². The van der Waals surface area contributed by atoms with Crippen LogP contribution in [0.25, 0.3) is 11.0 Å². The Labute approximate surface area is 230 Å². The number of imidazole rings is 1. The first-order chi connectivity index (χ1) is 19.0. The number of rotatable bonds is 9. The van der Waals surface area contributed by atoms with Crippen molar-refractivity contribution in [3.05, 3.63) is 47.8 Å². The third kappa shape index (κ3) is 7.09. The monoisotopic (exact) mass is 582 g/mol. The van der Waals surface area contributed by atoms with E-state index in [-0.39, 0.29) is 41.5 Å². The fraction of sp³-hybridized carbons (Fsp3) is 0.462. The number of nitrogens with zero attached hydrogens (tertiary/aromatic N) is 4. The van der Waals surface area contributed by atoms with E-state index in [4.69, 9.17) is 9.84 Å². The summed E-state index contributed by atoms with van der Waals surface area (Å²) in [6.07, 6.45) is -0.377. The molecule has 2 heterocycles. The number of fused-ring (bicyclic) bond motifs is 1. The zero-order chi connectivity index (χ0) is 28.9. The lowest BCUT2D eigenvalue weighted by molar-refractivity contribution is -0.153. The van der Waals surface area contributed by atoms with Gasteiger partial charge in [0.25, 0.3) is 0 Å². The van der Waals surface area contributed by atoms with Gasteiger partial charge in [-0.2, -0.15) is 13.2 Å². The zero-order valence-corrected chi connectivity index (χ0v) is 22.5. The van der Waals surface area contributed by atoms with Crippen molar-refractivity contribution in [3.8, 4) is 5.75 Å². The second-order valence-corrected chi connectivity index (χ2v) is 10.7. The number of carboxylic acid groups (broad SMARTS) is 1. The summed E-state index contributed by atoms with van der Waals surface area (Å²) in [6.45, 7) is -0.177. The van der Waals surface area contributed by atoms with Crippen molar-refractivity contribution < 1.29 is 41.5 Å². The zero-order valence-electron chi connectivity index (χ0n) is 21.7. The normalized spacial score (nSPS) is 15.1. The molecular weight excluding hydrogens is 553 g/mol. The molecular formula is C26H29F3N4O6S. The van der Waals surface area contributed by atoms with Gasteiger partial charge in [-0.05, 0) is 38.0 Å². The summed E-state index contributed by atoms with van der Waals surface area (Å²) in [6, 6.07) is 7.41. The summed E-state index contributed by atoms with van der Waals surface area (Å²) in [4.78, 5) is 35.2. The number of para-hydroxylation sites is 2. The van der Waals surface area contributed by atoms with Gasteiger partial charge in [-0.1, -0.05) is 31.4 Å². The molecule has 4 rings (SSSR count). The third-order valence-corrected chi connectivity index (χ3v) is 7.88. The topological polar surface area (TPSA) is 124 Å². The first-order valence-corrected chi connectivity index (χ1v) is 14.0. The Morgan fingerprint density at radius 2 is 1.90 bits per heavy atom. The molecule has 0 saturated heterocycles. The number of ether oxygens (including phenoxy) is 2. The number of carbonyl (C=O) groups excluding carboxylic acids is 1. The van der Waals surface area contributed by atoms with Gasteiger partial charge in [-0.15, -0.1) is 0 Å². The van der Waals surface area contributed by atoms with Gasteiger partial charge in [0.15, 0.2) is 6.61 Å². The minimum atomic E-state index is -4.52. The molecule has 0 aliphatic heterocycles. The van der Waals surface area contributed by atoms with Crippen LogP contribution in [-0.2, 0) is 21.3 Å². The fourth-order valence-electron chi connectivity index (χ4n) is 4.74. The van der Waals surface area contributed by atoms with Crippen molar-refractivity contribution in [1.82, 2.24) is 19.4 Å². The average Bonchev–Trinajstić information content (AvgIpc) is 3.31. The Bertz CT molecular complexity index is 1390. The average molecular weight is 583 g/mol. The first kappa shape index (κ1) is 29.3. The van der Waals surface area contributed by atoms with Crippen molar-refractivity contribution in [1.29, 1.82) is 0 Å². The SMILES string of the molecule is Cc1c(OCC(F)(F)F)ccnc1C[S@@](=O)c1nc2ccccc2n1C(=O)N(CCOC(=O)O)C1CCCCC1. The number of hydrogen-bond donors (Lipinski definition) is 1. The molecule has 0 spiro atoms. The van der Waals surface area contributed by atoms with Gasteiger partial charge in [-0.25, -0.2) is 19.1 Å². The summed E-state index contributed by atoms with van der Waals surface area (Å²) < 4.78 is 62.5. The number of amides is 1. The molecule has 2 aromatic heterocycles. The van der Waals surface area contributed by atoms with Gasteiger partial charge in [0.1, 0.15) is 12.4 Å². The van der Waals surface area contributed by atoms with Crippen molar-refractivity contribution in [2.45, 2.75) is 62.2 Å². The van der Waals surface area contributed by atoms with E-state index in [1.165, 1.54) is 23.8 Å². The van der Waals surface area contributed by atoms with Gasteiger partial charge in [0.05, 0.1) is 39.8 Å². The highest BCUT2D eigenvalue weighted by atomic mass is 32.2. The first-order valence-electron chi connectivity index (χ1n) is 12.7. The predicted octanol–water partition coefficient (Wildman–Crippen LogP) is 5.29. The van der Waals surface area contributed by atoms with E-state index in [9.17, 15) is 27.0 Å². The second kappa shape index (κ2) is 12.7. The molecule has 1 saturated carbocycles. The number of benzene rings is 1. The maximum Gasteiger partial charge on any atom is 0.505 e. The second-order valence-electron chi connectivity index (χ2n) is 9.38. The lowest BCUT2D eigenvalue weighted by Crippen LogP contribution is -2.46. The Hall–Kier alpha value is -3.68. The number of halogens is 3. The lowest BCUT2D eigenvalue weighted by Gasteiger charge is -2.34. The fourth-order valence-corrected chi connectivity index (χ4v) is 5.99. The molecule has 14 heteroatoms. The van der Waals surface area contributed by atoms with Crippen molar-refractivity contribution >= 4 is 34.0 Å². The summed E-state index contributed by atoms with van der Waals surface area (Å²) in [7, 11) is -1.93. The Morgan fingerprint density at radius 3 is 2.60 bits per heavy atom. The number of pyridine rings is 1. The maximum atomic E-state index is 14.0. The van der Waals surface area contributed by atoms with Gasteiger partial charge in [0.2, 0.25) is 5.16 Å². The number of aromatic nitrogens is 3. The predicted molar refractivity (Wildman–Crippen MR) is 139 cm³/mol. The molecule has 40 heavy (non-hydrogen) atoms. The van der Waals surface area contributed by atoms with E-state index in [1.807, 2.05) is 0 Å². The van der Waals surface area contributed by atoms with Crippen LogP contribution in [0.1, 0.15) is 43.4 Å². The molecule has 0 bridgehead atoms. The van der Waals surface area contributed by atoms with Crippen LogP contribution in [0.5, 0.6) is 5.75 Å². The summed E-state index contributed by atoms with van der Waals surface area (Å²) >= 11 is 0. The standard InChI is InChI=1S/C26H29F3N4O6S/c1-17-20(30-12-11-22(17)39-16-26(27,28)29)15-40(37)23-31-19-9-5-6-10-21(19)33(23)24(34)32(13-14-38-25(35)36)18-7-3-2-4-8-18/h5-6,9-12,18H,2-4,7-8,13-16H2,1H3,(H,35,36)/t40-/m1/s1. The molecule has 10 nitrogen and oxygen atoms in total. The van der Waals surface area contributed by atoms with Crippen LogP contribution in [0.15, 0.2) is 41.7 Å². The van der Waals surface area contributed by atoms with Crippen LogP contribution >= 0.6 is 0 Å². The molecule has 1 amide bonds. The highest BCUT2D eigenvalue weighted by molar-refractivity contribution is 7.84. The van der Waals surface area contributed by atoms with Crippen LogP contribution in [0.3, 0.4) is 0 Å². The van der Waals surface area contributed by atoms with Gasteiger partial charge < -0.3 is 19.5 Å². The van der Waals surface area contributed by atoms with E-state index in [0.717, 1.165) is 32.1 Å². The maximum absolute atomic E-state index is 14.0. The molecule has 216 valence electrons. The summed E-state index contributed by atoms with van der Waals surface area (Å²) in [5.74, 6) is -0.261. The van der Waals surface area contributed by atoms with E-state index >= 15 is 0 Å². The summed E-state index contributed by atoms with van der Waals surface area (Å²) in [5, 5.41) is 8.87. The number of carbonyl (C=O) groups is 2. The molecule has 1 aliphatic rings. The van der Waals surface area contributed by atoms with Crippen molar-refractivity contribution in [3.63, 3.8) is 0 Å². The smallest absolute Gasteiger partial charge is 0.484 e. The Balaban J connectivity index is 1.67. The van der Waals surface area contributed by atoms with E-state index < -0.39 is 35.8 Å². The minimum Gasteiger partial charge on any atom is -0.484 e. The Morgan fingerprint density at radius 1 is 1.18 bits per heavy atom. The van der Waals surface area contributed by atoms with E-state index in [1.54, 1.807) is 29.2 Å². The lowest BCUT2D eigenvalue weighted by atomic mass is 9.94. The largest absolute Gasteiger partial charge is 0.505 e. The molecule has 1 aromatic carbocycles. The molecule has 0 radical (unpaired) electrons. The minimum absolute atomic E-state index is 0.00757. The van der Waals surface area contributed by atoms with Crippen LogP contribution in [-0.4, -0.2) is 72.9 Å². The van der Waals surface area contributed by atoms with Crippen LogP contribution in [0.2, 0.25) is 0 Å². The number of alkyl halides is 3. The van der Waals surface area contributed by atoms with Gasteiger partial charge in [0, 0.05) is 17.8 Å². The van der Waals surface area contributed by atoms with Crippen LogP contribution in [0, 0.1) is 6.92 Å². The number of hydrogen-bond acceptors (Lipinski definition) is 7. The molecule has 1 fully saturated rings. The molecule has 1 atom stereocenters. The van der Waals surface area contributed by atoms with Gasteiger partial charge in [-0.3, -0.25) is 9.19 Å². The van der Waals surface area contributed by atoms with Gasteiger partial charge >= 0.3 is 18.4 Å². The van der Waals surface area contributed by atoms with Crippen LogP contribution in [0.4, 0.5) is 22.8 Å². The van der Waals surface area contributed by atoms with E-state index in [2.05, 4.69) is 14.7 Å². The van der Waals surface area contributed by atoms with E-state index in [0.29, 0.717) is 16.6 Å². The molecule has 1 N–H and O–H groups in total. The highest BCUT2D eigenvalue weighted by Crippen LogP contribution is 2.28. The molecule has 3 aromatic rings. The van der Waals surface area contributed by atoms with Crippen molar-refractivity contribution in [2.75, 3.05) is 19.8 Å². The quantitative estimate of drug-likeness (QED) is 0.338. The highest BCUT2D eigenvalue weighted by Gasteiger charge is 2.32.